The SMILES string of the molecule is COc1ccccc1-c1cc2cc(C3=CC4CCC(C3)N4C(=O)OC(C)(C)C)ccc2[nH]1. The summed E-state index contributed by atoms with van der Waals surface area (Å²) in [7, 11) is 1.70. The zero-order chi connectivity index (χ0) is 22.5. The maximum Gasteiger partial charge on any atom is 0.411 e. The van der Waals surface area contributed by atoms with Gasteiger partial charge in [-0.2, -0.15) is 0 Å². The molecule has 2 unspecified atom stereocenters. The fraction of sp³-hybridized carbons (Fsp3) is 0.370. The number of nitrogens with one attached hydrogen (secondary N) is 1. The van der Waals surface area contributed by atoms with Crippen LogP contribution in [0, 0.1) is 0 Å². The molecule has 2 aliphatic rings. The minimum Gasteiger partial charge on any atom is -0.496 e. The third-order valence-corrected chi connectivity index (χ3v) is 6.39. The van der Waals surface area contributed by atoms with Gasteiger partial charge in [-0.3, -0.25) is 4.90 Å². The Labute approximate surface area is 189 Å². The largest absolute Gasteiger partial charge is 0.496 e. The van der Waals surface area contributed by atoms with E-state index in [0.29, 0.717) is 0 Å². The van der Waals surface area contributed by atoms with Gasteiger partial charge < -0.3 is 14.5 Å². The lowest BCUT2D eigenvalue weighted by Gasteiger charge is -2.35. The summed E-state index contributed by atoms with van der Waals surface area (Å²) in [6.45, 7) is 5.76. The standard InChI is InChI=1S/C27H30N2O3/c1-27(2,3)32-26(30)29-20-10-11-21(29)15-18(14-20)17-9-12-23-19(13-17)16-24(28-23)22-7-5-6-8-25(22)31-4/h5-9,12-14,16,20-21,28H,10-11,15H2,1-4H3. The molecule has 0 saturated carbocycles. The smallest absolute Gasteiger partial charge is 0.411 e. The summed E-state index contributed by atoms with van der Waals surface area (Å²) in [4.78, 5) is 18.2. The fourth-order valence-electron chi connectivity index (χ4n) is 4.99. The van der Waals surface area contributed by atoms with Gasteiger partial charge in [0.2, 0.25) is 0 Å². The number of benzene rings is 2. The van der Waals surface area contributed by atoms with Gasteiger partial charge in [-0.25, -0.2) is 4.79 Å². The number of ether oxygens (including phenoxy) is 2. The van der Waals surface area contributed by atoms with Crippen molar-refractivity contribution >= 4 is 22.6 Å². The fourth-order valence-corrected chi connectivity index (χ4v) is 4.99. The second kappa shape index (κ2) is 7.73. The molecule has 1 saturated heterocycles. The molecular weight excluding hydrogens is 400 g/mol. The highest BCUT2D eigenvalue weighted by Crippen LogP contribution is 2.40. The minimum atomic E-state index is -0.473. The third-order valence-electron chi connectivity index (χ3n) is 6.39. The Morgan fingerprint density at radius 3 is 2.66 bits per heavy atom. The van der Waals surface area contributed by atoms with Gasteiger partial charge in [0.25, 0.3) is 0 Å². The monoisotopic (exact) mass is 430 g/mol. The summed E-state index contributed by atoms with van der Waals surface area (Å²) >= 11 is 0. The maximum atomic E-state index is 12.7. The van der Waals surface area contributed by atoms with Crippen molar-refractivity contribution in [3.05, 3.63) is 60.2 Å². The van der Waals surface area contributed by atoms with Crippen molar-refractivity contribution in [1.29, 1.82) is 0 Å². The molecule has 3 heterocycles. The second-order valence-electron chi connectivity index (χ2n) is 9.77. The highest BCUT2D eigenvalue weighted by Gasteiger charge is 2.41. The molecule has 2 aliphatic heterocycles. The maximum absolute atomic E-state index is 12.7. The van der Waals surface area contributed by atoms with Crippen molar-refractivity contribution in [3.8, 4) is 17.0 Å². The summed E-state index contributed by atoms with van der Waals surface area (Å²) in [5.41, 5.74) is 5.27. The molecule has 2 bridgehead atoms. The van der Waals surface area contributed by atoms with Crippen LogP contribution in [0.15, 0.2) is 54.6 Å². The number of aromatic nitrogens is 1. The quantitative estimate of drug-likeness (QED) is 0.523. The average Bonchev–Trinajstić information content (AvgIpc) is 3.30. The van der Waals surface area contributed by atoms with Crippen LogP contribution in [0.5, 0.6) is 5.75 Å². The number of carbonyl (C=O) groups is 1. The molecule has 0 spiro atoms. The number of methoxy groups -OCH3 is 1. The van der Waals surface area contributed by atoms with Crippen LogP contribution in [0.1, 0.15) is 45.6 Å². The number of H-pyrrole nitrogens is 1. The number of fused-ring (bicyclic) bond motifs is 3. The molecule has 1 amide bonds. The summed E-state index contributed by atoms with van der Waals surface area (Å²) in [6, 6.07) is 17.1. The molecule has 1 fully saturated rings. The number of hydrogen-bond acceptors (Lipinski definition) is 3. The van der Waals surface area contributed by atoms with Crippen molar-refractivity contribution < 1.29 is 14.3 Å². The van der Waals surface area contributed by atoms with Crippen molar-refractivity contribution in [3.63, 3.8) is 0 Å². The van der Waals surface area contributed by atoms with Gasteiger partial charge in [-0.1, -0.05) is 24.3 Å². The predicted molar refractivity (Wildman–Crippen MR) is 128 cm³/mol. The van der Waals surface area contributed by atoms with Crippen LogP contribution in [0.25, 0.3) is 27.7 Å². The molecule has 5 rings (SSSR count). The van der Waals surface area contributed by atoms with E-state index >= 15 is 0 Å². The van der Waals surface area contributed by atoms with Gasteiger partial charge >= 0.3 is 6.09 Å². The van der Waals surface area contributed by atoms with E-state index in [1.165, 1.54) is 16.5 Å². The lowest BCUT2D eigenvalue weighted by atomic mass is 9.94. The number of carbonyl (C=O) groups excluding carboxylic acids is 1. The van der Waals surface area contributed by atoms with Crippen LogP contribution in [0.2, 0.25) is 0 Å². The molecule has 0 aliphatic carbocycles. The van der Waals surface area contributed by atoms with Crippen LogP contribution in [0.3, 0.4) is 0 Å². The van der Waals surface area contributed by atoms with E-state index < -0.39 is 5.60 Å². The highest BCUT2D eigenvalue weighted by atomic mass is 16.6. The van der Waals surface area contributed by atoms with Gasteiger partial charge in [0, 0.05) is 22.5 Å². The third kappa shape index (κ3) is 3.77. The number of rotatable bonds is 3. The first-order valence-corrected chi connectivity index (χ1v) is 11.3. The lowest BCUT2D eigenvalue weighted by molar-refractivity contribution is 0.0175. The van der Waals surface area contributed by atoms with E-state index in [2.05, 4.69) is 41.4 Å². The van der Waals surface area contributed by atoms with Crippen LogP contribution in [-0.4, -0.2) is 40.8 Å². The van der Waals surface area contributed by atoms with E-state index in [1.54, 1.807) is 7.11 Å². The van der Waals surface area contributed by atoms with Gasteiger partial charge in [-0.15, -0.1) is 0 Å². The van der Waals surface area contributed by atoms with Crippen LogP contribution < -0.4 is 4.74 Å². The molecule has 2 aromatic carbocycles. The van der Waals surface area contributed by atoms with E-state index in [9.17, 15) is 4.79 Å². The molecule has 5 heteroatoms. The summed E-state index contributed by atoms with van der Waals surface area (Å²) in [5, 5.41) is 1.17. The topological polar surface area (TPSA) is 54.6 Å². The van der Waals surface area contributed by atoms with Gasteiger partial charge in [0.05, 0.1) is 18.8 Å². The molecule has 32 heavy (non-hydrogen) atoms. The Bertz CT molecular complexity index is 1200. The lowest BCUT2D eigenvalue weighted by Crippen LogP contribution is -2.45. The molecule has 5 nitrogen and oxygen atoms in total. The molecule has 2 atom stereocenters. The first-order valence-electron chi connectivity index (χ1n) is 11.3. The van der Waals surface area contributed by atoms with Gasteiger partial charge in [0.1, 0.15) is 11.4 Å². The van der Waals surface area contributed by atoms with Crippen molar-refractivity contribution in [2.45, 2.75) is 57.7 Å². The average molecular weight is 431 g/mol. The van der Waals surface area contributed by atoms with Gasteiger partial charge in [0.15, 0.2) is 0 Å². The number of hydrogen-bond donors (Lipinski definition) is 1. The Morgan fingerprint density at radius 1 is 1.09 bits per heavy atom. The van der Waals surface area contributed by atoms with Crippen molar-refractivity contribution in [1.82, 2.24) is 9.88 Å². The number of aromatic amines is 1. The zero-order valence-corrected chi connectivity index (χ0v) is 19.1. The predicted octanol–water partition coefficient (Wildman–Crippen LogP) is 6.40. The molecule has 166 valence electrons. The molecule has 1 aromatic heterocycles. The van der Waals surface area contributed by atoms with Crippen molar-refractivity contribution in [2.24, 2.45) is 0 Å². The first-order chi connectivity index (χ1) is 15.3. The van der Waals surface area contributed by atoms with E-state index in [4.69, 9.17) is 9.47 Å². The highest BCUT2D eigenvalue weighted by molar-refractivity contribution is 5.90. The number of amides is 1. The Hall–Kier alpha value is -3.21. The first kappa shape index (κ1) is 20.7. The van der Waals surface area contributed by atoms with Crippen LogP contribution in [-0.2, 0) is 4.74 Å². The summed E-state index contributed by atoms with van der Waals surface area (Å²) in [6.07, 6.45) is 4.96. The van der Waals surface area contributed by atoms with Crippen LogP contribution in [0.4, 0.5) is 4.79 Å². The number of para-hydroxylation sites is 1. The Kier molecular flexibility index (Phi) is 5.00. The molecule has 1 N–H and O–H groups in total. The van der Waals surface area contributed by atoms with E-state index in [-0.39, 0.29) is 18.2 Å². The van der Waals surface area contributed by atoms with Crippen LogP contribution >= 0.6 is 0 Å². The zero-order valence-electron chi connectivity index (χ0n) is 19.1. The molecule has 3 aromatic rings. The summed E-state index contributed by atoms with van der Waals surface area (Å²) < 4.78 is 11.2. The normalized spacial score (nSPS) is 20.4. The molecule has 0 radical (unpaired) electrons. The Morgan fingerprint density at radius 2 is 1.91 bits per heavy atom. The van der Waals surface area contributed by atoms with E-state index in [0.717, 1.165) is 41.8 Å². The summed E-state index contributed by atoms with van der Waals surface area (Å²) in [5.74, 6) is 0.855. The van der Waals surface area contributed by atoms with E-state index in [1.807, 2.05) is 43.9 Å². The van der Waals surface area contributed by atoms with Crippen molar-refractivity contribution in [2.75, 3.05) is 7.11 Å². The second-order valence-corrected chi connectivity index (χ2v) is 9.77. The number of nitrogens with zero attached hydrogens (tertiary/aromatic N) is 1. The minimum absolute atomic E-state index is 0.115. The van der Waals surface area contributed by atoms with Gasteiger partial charge in [-0.05, 0) is 81.5 Å². The molecular formula is C27H30N2O3. The Balaban J connectivity index is 1.43.